The van der Waals surface area contributed by atoms with Crippen LogP contribution >= 0.6 is 0 Å². The monoisotopic (exact) mass is 455 g/mol. The maximum absolute atomic E-state index is 12.7. The minimum atomic E-state index is -0.291. The molecular weight excluding hydrogens is 430 g/mol. The molecule has 3 aromatic rings. The van der Waals surface area contributed by atoms with Crippen molar-refractivity contribution in [3.05, 3.63) is 94.1 Å². The van der Waals surface area contributed by atoms with Crippen molar-refractivity contribution in [2.45, 2.75) is 20.8 Å². The summed E-state index contributed by atoms with van der Waals surface area (Å²) >= 11 is 0. The molecule has 1 aliphatic rings. The topological polar surface area (TPSA) is 81.7 Å². The highest BCUT2D eigenvalue weighted by atomic mass is 16.5. The average Bonchev–Trinajstić information content (AvgIpc) is 3.06. The fraction of sp³-hybridized carbons (Fsp3) is 0.179. The molecule has 1 amide bonds. The van der Waals surface area contributed by atoms with Crippen molar-refractivity contribution in [2.24, 2.45) is 0 Å². The molecule has 6 heteroatoms. The molecule has 0 spiro atoms. The first-order chi connectivity index (χ1) is 16.4. The highest BCUT2D eigenvalue weighted by Crippen LogP contribution is 2.32. The van der Waals surface area contributed by atoms with Gasteiger partial charge in [-0.05, 0) is 56.2 Å². The van der Waals surface area contributed by atoms with E-state index in [-0.39, 0.29) is 29.7 Å². The third-order valence-electron chi connectivity index (χ3n) is 5.50. The summed E-state index contributed by atoms with van der Waals surface area (Å²) in [6.07, 6.45) is 1.56. The van der Waals surface area contributed by atoms with Gasteiger partial charge in [0.15, 0.2) is 29.7 Å². The minimum Gasteiger partial charge on any atom is -0.490 e. The smallest absolute Gasteiger partial charge is 0.262 e. The molecule has 6 nitrogen and oxygen atoms in total. The molecule has 0 saturated heterocycles. The van der Waals surface area contributed by atoms with Crippen molar-refractivity contribution in [2.75, 3.05) is 18.5 Å². The maximum atomic E-state index is 12.7. The number of rotatable bonds is 7. The van der Waals surface area contributed by atoms with Gasteiger partial charge in [-0.1, -0.05) is 48.0 Å². The summed E-state index contributed by atoms with van der Waals surface area (Å²) < 4.78 is 11.4. The highest BCUT2D eigenvalue weighted by molar-refractivity contribution is 6.41. The normalized spacial score (nSPS) is 12.4. The molecule has 3 aromatic carbocycles. The molecule has 0 unspecified atom stereocenters. The van der Waals surface area contributed by atoms with Gasteiger partial charge in [-0.3, -0.25) is 14.4 Å². The first-order valence-electron chi connectivity index (χ1n) is 11.0. The first kappa shape index (κ1) is 23.0. The Morgan fingerprint density at radius 2 is 1.59 bits per heavy atom. The Morgan fingerprint density at radius 1 is 0.882 bits per heavy atom. The summed E-state index contributed by atoms with van der Waals surface area (Å²) in [6.45, 7) is 5.95. The lowest BCUT2D eigenvalue weighted by atomic mass is 10.1. The van der Waals surface area contributed by atoms with Crippen LogP contribution in [0.15, 0.2) is 66.2 Å². The number of ketones is 2. The summed E-state index contributed by atoms with van der Waals surface area (Å²) in [5.41, 5.74) is 4.40. The van der Waals surface area contributed by atoms with Gasteiger partial charge in [0.1, 0.15) is 0 Å². The van der Waals surface area contributed by atoms with E-state index in [2.05, 4.69) is 5.32 Å². The molecule has 0 atom stereocenters. The zero-order chi connectivity index (χ0) is 24.2. The summed E-state index contributed by atoms with van der Waals surface area (Å²) in [7, 11) is 0. The van der Waals surface area contributed by atoms with E-state index in [1.807, 2.05) is 39.0 Å². The van der Waals surface area contributed by atoms with E-state index in [0.717, 1.165) is 16.8 Å². The molecule has 0 heterocycles. The third-order valence-corrected chi connectivity index (χ3v) is 5.50. The number of benzene rings is 3. The van der Waals surface area contributed by atoms with Gasteiger partial charge in [0, 0.05) is 16.8 Å². The lowest BCUT2D eigenvalue weighted by Crippen LogP contribution is -2.21. The van der Waals surface area contributed by atoms with Crippen LogP contribution in [0.5, 0.6) is 11.5 Å². The molecule has 0 bridgehead atoms. The van der Waals surface area contributed by atoms with Crippen molar-refractivity contribution in [3.8, 4) is 11.5 Å². The van der Waals surface area contributed by atoms with Gasteiger partial charge in [-0.2, -0.15) is 0 Å². The number of ether oxygens (including phenoxy) is 2. The SMILES string of the molecule is CCOc1cc(C=C2C(=O)c3ccccc3C2=O)ccc1OCC(=O)Nc1ccc(C)cc1C. The molecule has 1 N–H and O–H groups in total. The van der Waals surface area contributed by atoms with Crippen LogP contribution in [-0.4, -0.2) is 30.7 Å². The molecular formula is C28H25NO5. The van der Waals surface area contributed by atoms with Gasteiger partial charge in [-0.25, -0.2) is 0 Å². The van der Waals surface area contributed by atoms with Crippen LogP contribution in [0.25, 0.3) is 6.08 Å². The van der Waals surface area contributed by atoms with Crippen molar-refractivity contribution in [1.29, 1.82) is 0 Å². The van der Waals surface area contributed by atoms with E-state index in [0.29, 0.717) is 34.8 Å². The van der Waals surface area contributed by atoms with Crippen LogP contribution in [0.3, 0.4) is 0 Å². The van der Waals surface area contributed by atoms with E-state index in [1.165, 1.54) is 0 Å². The van der Waals surface area contributed by atoms with Crippen molar-refractivity contribution >= 4 is 29.2 Å². The number of fused-ring (bicyclic) bond motifs is 1. The maximum Gasteiger partial charge on any atom is 0.262 e. The molecule has 34 heavy (non-hydrogen) atoms. The third kappa shape index (κ3) is 4.76. The predicted molar refractivity (Wildman–Crippen MR) is 131 cm³/mol. The van der Waals surface area contributed by atoms with Gasteiger partial charge in [0.2, 0.25) is 0 Å². The van der Waals surface area contributed by atoms with Crippen LogP contribution in [0, 0.1) is 13.8 Å². The van der Waals surface area contributed by atoms with Crippen molar-refractivity contribution in [1.82, 2.24) is 0 Å². The number of carbonyl (C=O) groups is 3. The number of hydrogen-bond donors (Lipinski definition) is 1. The molecule has 0 aliphatic heterocycles. The zero-order valence-electron chi connectivity index (χ0n) is 19.3. The molecule has 0 saturated carbocycles. The Bertz CT molecular complexity index is 1290. The summed E-state index contributed by atoms with van der Waals surface area (Å²) in [5, 5.41) is 2.85. The molecule has 172 valence electrons. The minimum absolute atomic E-state index is 0.116. The van der Waals surface area contributed by atoms with Gasteiger partial charge >= 0.3 is 0 Å². The summed E-state index contributed by atoms with van der Waals surface area (Å²) in [5.74, 6) is -0.0527. The van der Waals surface area contributed by atoms with E-state index >= 15 is 0 Å². The summed E-state index contributed by atoms with van der Waals surface area (Å²) in [4.78, 5) is 37.7. The first-order valence-corrected chi connectivity index (χ1v) is 11.0. The number of nitrogens with one attached hydrogen (secondary N) is 1. The Labute approximate surface area is 198 Å². The molecule has 4 rings (SSSR count). The van der Waals surface area contributed by atoms with Gasteiger partial charge < -0.3 is 14.8 Å². The number of amides is 1. The summed E-state index contributed by atoms with van der Waals surface area (Å²) in [6, 6.07) is 17.7. The van der Waals surface area contributed by atoms with Crippen LogP contribution in [-0.2, 0) is 4.79 Å². The Hall–Kier alpha value is -4.19. The number of aryl methyl sites for hydroxylation is 2. The molecule has 0 fully saturated rings. The van der Waals surface area contributed by atoms with Crippen LogP contribution in [0.4, 0.5) is 5.69 Å². The predicted octanol–water partition coefficient (Wildman–Crippen LogP) is 5.18. The number of Topliss-reactive ketones (excluding diaryl/α,β-unsaturated/α-hetero) is 2. The Kier molecular flexibility index (Phi) is 6.59. The molecule has 1 aliphatic carbocycles. The molecule has 0 aromatic heterocycles. The van der Waals surface area contributed by atoms with Crippen molar-refractivity contribution in [3.63, 3.8) is 0 Å². The molecule has 0 radical (unpaired) electrons. The van der Waals surface area contributed by atoms with E-state index in [4.69, 9.17) is 9.47 Å². The van der Waals surface area contributed by atoms with Crippen LogP contribution in [0.2, 0.25) is 0 Å². The fourth-order valence-corrected chi connectivity index (χ4v) is 3.86. The average molecular weight is 456 g/mol. The zero-order valence-corrected chi connectivity index (χ0v) is 19.3. The second-order valence-electron chi connectivity index (χ2n) is 8.06. The lowest BCUT2D eigenvalue weighted by molar-refractivity contribution is -0.118. The number of carbonyl (C=O) groups excluding carboxylic acids is 3. The second-order valence-corrected chi connectivity index (χ2v) is 8.06. The number of anilines is 1. The van der Waals surface area contributed by atoms with Gasteiger partial charge in [0.05, 0.1) is 12.2 Å². The van der Waals surface area contributed by atoms with Crippen molar-refractivity contribution < 1.29 is 23.9 Å². The lowest BCUT2D eigenvalue weighted by Gasteiger charge is -2.13. The Morgan fingerprint density at radius 3 is 2.24 bits per heavy atom. The standard InChI is InChI=1S/C28H25NO5/c1-4-33-25-15-19(14-22-27(31)20-7-5-6-8-21(20)28(22)32)10-12-24(25)34-16-26(30)29-23-11-9-17(2)13-18(23)3/h5-15H,4,16H2,1-3H3,(H,29,30). The van der Waals surface area contributed by atoms with Gasteiger partial charge in [0.25, 0.3) is 5.91 Å². The number of hydrogen-bond acceptors (Lipinski definition) is 5. The fourth-order valence-electron chi connectivity index (χ4n) is 3.86. The highest BCUT2D eigenvalue weighted by Gasteiger charge is 2.32. The van der Waals surface area contributed by atoms with E-state index < -0.39 is 0 Å². The van der Waals surface area contributed by atoms with Gasteiger partial charge in [-0.15, -0.1) is 0 Å². The second kappa shape index (κ2) is 9.75. The van der Waals surface area contributed by atoms with Crippen LogP contribution in [0.1, 0.15) is 44.3 Å². The largest absolute Gasteiger partial charge is 0.490 e. The quantitative estimate of drug-likeness (QED) is 0.392. The number of allylic oxidation sites excluding steroid dienone is 1. The van der Waals surface area contributed by atoms with Crippen LogP contribution < -0.4 is 14.8 Å². The Balaban J connectivity index is 1.50. The van der Waals surface area contributed by atoms with E-state index in [9.17, 15) is 14.4 Å². The van der Waals surface area contributed by atoms with E-state index in [1.54, 1.807) is 48.5 Å².